The van der Waals surface area contributed by atoms with Gasteiger partial charge in [-0.15, -0.1) is 0 Å². The van der Waals surface area contributed by atoms with Crippen LogP contribution in [-0.2, 0) is 9.59 Å². The van der Waals surface area contributed by atoms with E-state index in [1.807, 2.05) is 20.8 Å². The Morgan fingerprint density at radius 1 is 1.31 bits per heavy atom. The summed E-state index contributed by atoms with van der Waals surface area (Å²) in [6.45, 7) is 5.66. The Morgan fingerprint density at radius 2 is 2.00 bits per heavy atom. The average Bonchev–Trinajstić information content (AvgIpc) is 2.78. The number of hydrogen-bond acceptors (Lipinski definition) is 3. The van der Waals surface area contributed by atoms with Crippen molar-refractivity contribution in [2.75, 3.05) is 0 Å². The number of nitrogens with two attached hydrogens (primary N) is 1. The fraction of sp³-hybridized carbons (Fsp3) is 0.714. The summed E-state index contributed by atoms with van der Waals surface area (Å²) in [5.74, 6) is -1.40. The Labute approximate surface area is 153 Å². The third kappa shape index (κ3) is 1.78. The van der Waals surface area contributed by atoms with Gasteiger partial charge in [-0.25, -0.2) is 4.39 Å². The third-order valence-electron chi connectivity index (χ3n) is 8.62. The van der Waals surface area contributed by atoms with E-state index in [4.69, 9.17) is 5.73 Å². The summed E-state index contributed by atoms with van der Waals surface area (Å²) >= 11 is 0. The first-order valence-electron chi connectivity index (χ1n) is 9.66. The molecule has 0 aromatic heterocycles. The summed E-state index contributed by atoms with van der Waals surface area (Å²) in [6.07, 6.45) is 7.43. The molecule has 0 radical (unpaired) electrons. The molecule has 0 aromatic carbocycles. The first-order chi connectivity index (χ1) is 12.0. The number of hydrogen-bond donors (Lipinski definition) is 2. The lowest BCUT2D eigenvalue weighted by Gasteiger charge is -2.60. The molecule has 3 saturated carbocycles. The molecular weight excluding hydrogens is 333 g/mol. The van der Waals surface area contributed by atoms with E-state index < -0.39 is 28.0 Å². The van der Waals surface area contributed by atoms with Gasteiger partial charge in [0.25, 0.3) is 0 Å². The fourth-order valence-corrected chi connectivity index (χ4v) is 6.96. The van der Waals surface area contributed by atoms with E-state index in [1.165, 1.54) is 6.08 Å². The molecule has 0 heterocycles. The quantitative estimate of drug-likeness (QED) is 0.754. The SMILES string of the molecule is C[C@@H]1CC2C3CCC4=CC(=O)C=C[C@]4(C)[C@@]3(F)CC[C@]2(C)[C@@]1(O)C(N)=O. The van der Waals surface area contributed by atoms with Gasteiger partial charge in [0, 0.05) is 10.8 Å². The first-order valence-corrected chi connectivity index (χ1v) is 9.66. The normalized spacial score (nSPS) is 52.7. The number of ketones is 1. The Balaban J connectivity index is 1.80. The van der Waals surface area contributed by atoms with Crippen LogP contribution in [0.5, 0.6) is 0 Å². The van der Waals surface area contributed by atoms with E-state index in [9.17, 15) is 14.7 Å². The average molecular weight is 361 g/mol. The van der Waals surface area contributed by atoms with Crippen molar-refractivity contribution < 1.29 is 19.1 Å². The summed E-state index contributed by atoms with van der Waals surface area (Å²) in [5, 5.41) is 11.2. The van der Waals surface area contributed by atoms with Gasteiger partial charge in [0.1, 0.15) is 5.67 Å². The minimum Gasteiger partial charge on any atom is -0.379 e. The van der Waals surface area contributed by atoms with Crippen molar-refractivity contribution in [3.63, 3.8) is 0 Å². The summed E-state index contributed by atoms with van der Waals surface area (Å²) in [4.78, 5) is 24.0. The zero-order valence-corrected chi connectivity index (χ0v) is 15.7. The minimum absolute atomic E-state index is 0.0715. The summed E-state index contributed by atoms with van der Waals surface area (Å²) in [6, 6.07) is 0. The van der Waals surface area contributed by atoms with Gasteiger partial charge in [-0.05, 0) is 68.9 Å². The van der Waals surface area contributed by atoms with Crippen molar-refractivity contribution in [1.29, 1.82) is 0 Å². The zero-order chi connectivity index (χ0) is 19.1. The predicted molar refractivity (Wildman–Crippen MR) is 95.7 cm³/mol. The second kappa shape index (κ2) is 5.06. The van der Waals surface area contributed by atoms with Gasteiger partial charge in [-0.1, -0.05) is 25.5 Å². The highest BCUT2D eigenvalue weighted by atomic mass is 19.1. The van der Waals surface area contributed by atoms with Crippen LogP contribution in [0.3, 0.4) is 0 Å². The fourth-order valence-electron chi connectivity index (χ4n) is 6.96. The van der Waals surface area contributed by atoms with Crippen molar-refractivity contribution in [1.82, 2.24) is 0 Å². The van der Waals surface area contributed by atoms with Gasteiger partial charge in [0.2, 0.25) is 5.91 Å². The molecule has 4 aliphatic carbocycles. The van der Waals surface area contributed by atoms with Crippen LogP contribution in [0.4, 0.5) is 4.39 Å². The Bertz CT molecular complexity index is 760. The molecule has 0 bridgehead atoms. The van der Waals surface area contributed by atoms with Gasteiger partial charge in [0.05, 0.1) is 0 Å². The minimum atomic E-state index is -1.59. The van der Waals surface area contributed by atoms with Crippen LogP contribution in [0.1, 0.15) is 52.9 Å². The Kier molecular flexibility index (Phi) is 3.49. The third-order valence-corrected chi connectivity index (χ3v) is 8.62. The molecule has 0 aromatic rings. The van der Waals surface area contributed by atoms with Crippen molar-refractivity contribution in [3.8, 4) is 0 Å². The van der Waals surface area contributed by atoms with Crippen LogP contribution in [0.2, 0.25) is 0 Å². The van der Waals surface area contributed by atoms with Gasteiger partial charge in [-0.3, -0.25) is 9.59 Å². The molecule has 7 atom stereocenters. The van der Waals surface area contributed by atoms with Gasteiger partial charge >= 0.3 is 0 Å². The van der Waals surface area contributed by atoms with Crippen LogP contribution >= 0.6 is 0 Å². The molecule has 1 amide bonds. The molecule has 4 nitrogen and oxygen atoms in total. The van der Waals surface area contributed by atoms with Crippen molar-refractivity contribution in [2.24, 2.45) is 34.3 Å². The monoisotopic (exact) mass is 361 g/mol. The van der Waals surface area contributed by atoms with E-state index in [-0.39, 0.29) is 30.0 Å². The number of allylic oxidation sites excluding steroid dienone is 4. The number of carbonyl (C=O) groups excluding carboxylic acids is 2. The second-order valence-electron chi connectivity index (χ2n) is 9.41. The number of primary amides is 1. The topological polar surface area (TPSA) is 80.4 Å². The Hall–Kier alpha value is -1.49. The van der Waals surface area contributed by atoms with Crippen molar-refractivity contribution >= 4 is 11.7 Å². The molecule has 26 heavy (non-hydrogen) atoms. The molecule has 142 valence electrons. The highest BCUT2D eigenvalue weighted by Crippen LogP contribution is 2.70. The number of aliphatic hydroxyl groups is 1. The van der Waals surface area contributed by atoms with Crippen molar-refractivity contribution in [2.45, 2.75) is 64.1 Å². The maximum absolute atomic E-state index is 16.7. The number of amides is 1. The van der Waals surface area contributed by atoms with E-state index in [1.54, 1.807) is 12.2 Å². The second-order valence-corrected chi connectivity index (χ2v) is 9.41. The summed E-state index contributed by atoms with van der Waals surface area (Å²) in [7, 11) is 0. The predicted octanol–water partition coefficient (Wildman–Crippen LogP) is 2.85. The van der Waals surface area contributed by atoms with Crippen LogP contribution in [0.15, 0.2) is 23.8 Å². The molecule has 3 N–H and O–H groups in total. The highest BCUT2D eigenvalue weighted by Gasteiger charge is 2.72. The number of fused-ring (bicyclic) bond motifs is 5. The molecule has 2 unspecified atom stereocenters. The van der Waals surface area contributed by atoms with Gasteiger partial charge in [0.15, 0.2) is 11.4 Å². The van der Waals surface area contributed by atoms with Crippen LogP contribution in [0, 0.1) is 28.6 Å². The molecule has 3 fully saturated rings. The summed E-state index contributed by atoms with van der Waals surface area (Å²) < 4.78 is 16.7. The first kappa shape index (κ1) is 17.9. The van der Waals surface area contributed by atoms with Crippen LogP contribution < -0.4 is 5.73 Å². The number of carbonyl (C=O) groups is 2. The Morgan fingerprint density at radius 3 is 2.65 bits per heavy atom. The lowest BCUT2D eigenvalue weighted by atomic mass is 9.45. The van der Waals surface area contributed by atoms with Crippen molar-refractivity contribution in [3.05, 3.63) is 23.8 Å². The lowest BCUT2D eigenvalue weighted by Crippen LogP contribution is -2.64. The lowest BCUT2D eigenvalue weighted by molar-refractivity contribution is -0.180. The number of rotatable bonds is 1. The van der Waals surface area contributed by atoms with Crippen LogP contribution in [0.25, 0.3) is 0 Å². The molecular formula is C21H28FNO3. The zero-order valence-electron chi connectivity index (χ0n) is 15.7. The number of halogens is 1. The molecule has 5 heteroatoms. The highest BCUT2D eigenvalue weighted by molar-refractivity contribution is 6.01. The molecule has 0 spiro atoms. The smallest absolute Gasteiger partial charge is 0.250 e. The van der Waals surface area contributed by atoms with Crippen LogP contribution in [-0.4, -0.2) is 28.1 Å². The van der Waals surface area contributed by atoms with E-state index in [2.05, 4.69) is 0 Å². The summed E-state index contributed by atoms with van der Waals surface area (Å²) in [5.41, 5.74) is 1.95. The molecule has 0 aliphatic heterocycles. The van der Waals surface area contributed by atoms with Gasteiger partial charge in [-0.2, -0.15) is 0 Å². The maximum atomic E-state index is 16.7. The standard InChI is InChI=1S/C21H28FNO3/c1-12-10-16-15-5-4-13-11-14(24)6-7-18(13,2)20(15,22)9-8-19(16,3)21(12,26)17(23)25/h6-7,11-12,15-16,26H,4-5,8-10H2,1-3H3,(H2,23,25)/t12-,15?,16?,18+,19+,20-,21+/m1/s1. The number of alkyl halides is 1. The molecule has 0 saturated heterocycles. The maximum Gasteiger partial charge on any atom is 0.250 e. The molecule has 4 rings (SSSR count). The molecule has 4 aliphatic rings. The van der Waals surface area contributed by atoms with E-state index in [0.717, 1.165) is 5.57 Å². The van der Waals surface area contributed by atoms with E-state index >= 15 is 4.39 Å². The van der Waals surface area contributed by atoms with Gasteiger partial charge < -0.3 is 10.8 Å². The van der Waals surface area contributed by atoms with E-state index in [0.29, 0.717) is 25.7 Å². The largest absolute Gasteiger partial charge is 0.379 e.